The van der Waals surface area contributed by atoms with E-state index in [0.29, 0.717) is 0 Å². The van der Waals surface area contributed by atoms with Crippen molar-refractivity contribution in [2.75, 3.05) is 0 Å². The third-order valence-electron chi connectivity index (χ3n) is 0. The maximum Gasteiger partial charge on any atom is 4.00 e. The van der Waals surface area contributed by atoms with Crippen LogP contribution in [0.25, 0.3) is 0 Å². The molecule has 12 heteroatoms. The summed E-state index contributed by atoms with van der Waals surface area (Å²) in [6.45, 7) is 0. The Bertz CT molecular complexity index is 12.5. The van der Waals surface area contributed by atoms with Gasteiger partial charge in [0.15, 0.2) is 0 Å². The largest absolute Gasteiger partial charge is 4.00 e. The zero-order valence-corrected chi connectivity index (χ0v) is 10.8. The van der Waals surface area contributed by atoms with Crippen molar-refractivity contribution in [1.82, 2.24) is 0 Å². The van der Waals surface area contributed by atoms with E-state index < -0.39 is 0 Å². The van der Waals surface area contributed by atoms with Gasteiger partial charge in [0.05, 0.1) is 0 Å². The van der Waals surface area contributed by atoms with Crippen molar-refractivity contribution >= 4 is 0 Å². The number of hydrogen-bond acceptors (Lipinski definition) is 0. The van der Waals surface area contributed by atoms with E-state index in [9.17, 15) is 0 Å². The third kappa shape index (κ3) is 950. The van der Waals surface area contributed by atoms with Gasteiger partial charge in [0, 0.05) is 0 Å². The molecule has 0 saturated carbocycles. The summed E-state index contributed by atoms with van der Waals surface area (Å²) in [7, 11) is 0. The maximum absolute atomic E-state index is 0. The molecular weight excluding hydrogens is 393 g/mol. The predicted octanol–water partition coefficient (Wildman–Crippen LogP) is -12.7. The van der Waals surface area contributed by atoms with Crippen molar-refractivity contribution in [2.24, 2.45) is 0 Å². The van der Waals surface area contributed by atoms with Gasteiger partial charge in [-0.2, -0.15) is 0 Å². The molecule has 0 aliphatic carbocycles. The van der Waals surface area contributed by atoms with Gasteiger partial charge >= 0.3 is 25.8 Å². The first-order valence-electron chi connectivity index (χ1n) is 0. The van der Waals surface area contributed by atoms with Crippen molar-refractivity contribution in [3.05, 3.63) is 0 Å². The molecule has 0 aliphatic heterocycles. The minimum atomic E-state index is 0. The summed E-state index contributed by atoms with van der Waals surface area (Å²) in [6.07, 6.45) is 0. The van der Waals surface area contributed by atoms with Gasteiger partial charge in [0.2, 0.25) is 0 Å². The summed E-state index contributed by atoms with van der Waals surface area (Å²) < 4.78 is 0. The van der Waals surface area contributed by atoms with Gasteiger partial charge in [-0.05, 0) is 0 Å². The molecule has 0 aromatic rings. The maximum atomic E-state index is 0. The molecule has 0 saturated heterocycles. The van der Waals surface area contributed by atoms with Gasteiger partial charge in [-0.3, -0.25) is 0 Å². The van der Waals surface area contributed by atoms with E-state index in [-0.39, 0.29) is 99.9 Å². The van der Waals surface area contributed by atoms with Gasteiger partial charge in [-0.1, -0.05) is 0 Å². The first-order chi connectivity index (χ1) is 0. The fourth-order valence-corrected chi connectivity index (χ4v) is 0. The molecule has 16 N–H and O–H groups in total. The van der Waals surface area contributed by atoms with Gasteiger partial charge in [0.1, 0.15) is 0 Å². The van der Waals surface area contributed by atoms with Crippen LogP contribution in [0.3, 0.4) is 0 Å². The average molecular weight is 410 g/mol. The minimum absolute atomic E-state index is 0. The third-order valence-corrected chi connectivity index (χ3v) is 0. The summed E-state index contributed by atoms with van der Waals surface area (Å²) >= 11 is 0. The Balaban J connectivity index is 0. The molecule has 0 aliphatic rings. The molecule has 0 aromatic carbocycles. The Kier molecular flexibility index (Phi) is 168000. The zero-order valence-electron chi connectivity index (χ0n) is 5.66. The summed E-state index contributed by atoms with van der Waals surface area (Å²) in [5.41, 5.74) is 0. The van der Waals surface area contributed by atoms with Crippen molar-refractivity contribution in [3.63, 3.8) is 0 Å². The molecule has 0 unspecified atom stereocenters. The summed E-state index contributed by atoms with van der Waals surface area (Å²) in [4.78, 5) is 0. The first-order valence-corrected chi connectivity index (χ1v) is 0. The molecule has 0 amide bonds. The number of rotatable bonds is 0. The van der Waals surface area contributed by atoms with Crippen LogP contribution in [0.2, 0.25) is 0 Å². The first kappa shape index (κ1) is 1610. The molecule has 0 fully saturated rings. The van der Waals surface area contributed by atoms with Crippen LogP contribution in [-0.2, 0) is 31.3 Å². The minimum Gasteiger partial charge on any atom is -2.00 e. The topological polar surface area (TPSA) is 280 Å². The quantitative estimate of drug-likeness (QED) is 0.337. The number of hydrogen-bond donors (Lipinski definition) is 0. The van der Waals surface area contributed by atoms with Crippen molar-refractivity contribution in [1.29, 1.82) is 0 Å². The van der Waals surface area contributed by atoms with E-state index in [0.717, 1.165) is 0 Å². The smallest absolute Gasteiger partial charge is 2.00 e. The van der Waals surface area contributed by atoms with Crippen LogP contribution in [0.5, 0.6) is 0 Å². The Morgan fingerprint density at radius 2 is 0.333 bits per heavy atom. The molecule has 0 rings (SSSR count). The predicted molar refractivity (Wildman–Crippen MR) is 29.6 cm³/mol. The van der Waals surface area contributed by atoms with Gasteiger partial charge in [-0.25, -0.2) is 0 Å². The molecule has 88 valence electrons. The second kappa shape index (κ2) is 1250. The second-order valence-corrected chi connectivity index (χ2v) is 0. The Morgan fingerprint density at radius 3 is 0.333 bits per heavy atom. The standard InChI is InChI=1S/2ClH.Hf.8H2O.O/h2*1H;;8*1H2;/q;;+4;;;;;;;;;-2/p-2. The Morgan fingerprint density at radius 1 is 0.333 bits per heavy atom. The monoisotopic (exact) mass is 410 g/mol. The molecule has 9 nitrogen and oxygen atoms in total. The molecule has 0 atom stereocenters. The van der Waals surface area contributed by atoms with Crippen LogP contribution < -0.4 is 24.8 Å². The molecule has 0 bridgehead atoms. The van der Waals surface area contributed by atoms with Gasteiger partial charge < -0.3 is 74.1 Å². The molecule has 0 spiro atoms. The average Bonchev–Trinajstić information content (AvgIpc) is 0. The van der Waals surface area contributed by atoms with Crippen LogP contribution in [0.1, 0.15) is 0 Å². The Hall–Kier alpha value is 1.09. The van der Waals surface area contributed by atoms with Crippen molar-refractivity contribution in [3.8, 4) is 0 Å². The van der Waals surface area contributed by atoms with Crippen LogP contribution >= 0.6 is 0 Å². The summed E-state index contributed by atoms with van der Waals surface area (Å²) in [6, 6.07) is 0. The summed E-state index contributed by atoms with van der Waals surface area (Å²) in [5.74, 6) is 0. The molecule has 12 heavy (non-hydrogen) atoms. The molecular formula is H16Cl2HfO9. The van der Waals surface area contributed by atoms with Crippen LogP contribution in [0.15, 0.2) is 0 Å². The van der Waals surface area contributed by atoms with E-state index in [4.69, 9.17) is 0 Å². The van der Waals surface area contributed by atoms with Gasteiger partial charge in [0.25, 0.3) is 0 Å². The van der Waals surface area contributed by atoms with E-state index in [2.05, 4.69) is 0 Å². The SMILES string of the molecule is O.O.O.O.O.O.O.O.[Cl-].[Cl-].[Hf+4].[O-2]. The Labute approximate surface area is 99.9 Å². The van der Waals surface area contributed by atoms with Gasteiger partial charge in [-0.15, -0.1) is 0 Å². The van der Waals surface area contributed by atoms with E-state index in [1.54, 1.807) is 0 Å². The van der Waals surface area contributed by atoms with Crippen LogP contribution in [-0.4, -0.2) is 43.8 Å². The van der Waals surface area contributed by atoms with Crippen LogP contribution in [0, 0.1) is 0 Å². The van der Waals surface area contributed by atoms with Crippen LogP contribution in [0.4, 0.5) is 0 Å². The van der Waals surface area contributed by atoms with E-state index >= 15 is 0 Å². The fraction of sp³-hybridized carbons (Fsp3) is 0. The fourth-order valence-electron chi connectivity index (χ4n) is 0. The number of halogens is 2. The van der Waals surface area contributed by atoms with Crippen molar-refractivity contribution < 1.29 is 99.9 Å². The summed E-state index contributed by atoms with van der Waals surface area (Å²) in [5, 5.41) is 0. The molecule has 0 heterocycles. The van der Waals surface area contributed by atoms with E-state index in [1.807, 2.05) is 0 Å². The zero-order chi connectivity index (χ0) is 0. The van der Waals surface area contributed by atoms with E-state index in [1.165, 1.54) is 0 Å². The van der Waals surface area contributed by atoms with Crippen molar-refractivity contribution in [2.45, 2.75) is 0 Å². The normalized spacial score (nSPS) is 0. The molecule has 0 radical (unpaired) electrons. The second-order valence-electron chi connectivity index (χ2n) is 0. The molecule has 0 aromatic heterocycles.